The number of hydrogen-bond donors (Lipinski definition) is 1. The van der Waals surface area contributed by atoms with Gasteiger partial charge in [-0.05, 0) is 55.6 Å². The monoisotopic (exact) mass is 324 g/mol. The van der Waals surface area contributed by atoms with E-state index in [4.69, 9.17) is 4.74 Å². The normalized spacial score (nSPS) is 19.0. The highest BCUT2D eigenvalue weighted by Crippen LogP contribution is 2.28. The molecule has 1 amide bonds. The molecule has 2 aromatic carbocycles. The Morgan fingerprint density at radius 2 is 1.88 bits per heavy atom. The molecule has 4 nitrogen and oxygen atoms in total. The molecule has 2 atom stereocenters. The minimum atomic E-state index is -0.138. The van der Waals surface area contributed by atoms with Gasteiger partial charge in [-0.15, -0.1) is 0 Å². The van der Waals surface area contributed by atoms with Crippen LogP contribution >= 0.6 is 0 Å². The van der Waals surface area contributed by atoms with Crippen molar-refractivity contribution in [2.45, 2.75) is 25.3 Å². The minimum absolute atomic E-state index is 0.0360. The van der Waals surface area contributed by atoms with E-state index in [-0.39, 0.29) is 11.9 Å². The number of carbonyl (C=O) groups excluding carboxylic acids is 1. The lowest BCUT2D eigenvalue weighted by molar-refractivity contribution is -0.120. The molecular weight excluding hydrogens is 300 g/mol. The summed E-state index contributed by atoms with van der Waals surface area (Å²) in [6.45, 7) is 3.87. The number of methoxy groups -OCH3 is 1. The fourth-order valence-corrected chi connectivity index (χ4v) is 3.22. The van der Waals surface area contributed by atoms with Gasteiger partial charge in [0, 0.05) is 12.2 Å². The predicted molar refractivity (Wildman–Crippen MR) is 96.5 cm³/mol. The highest BCUT2D eigenvalue weighted by molar-refractivity contribution is 5.94. The standard InChI is InChI=1S/C20H24N2O2/c1-15(20(23)21-18-8-10-19(24-2)11-9-18)22-13-12-17(14-22)16-6-4-3-5-7-16/h3-11,15,17H,12-14H2,1-2H3,(H,21,23)/t15-,17+/m0/s1. The van der Waals surface area contributed by atoms with Gasteiger partial charge in [0.25, 0.3) is 0 Å². The Morgan fingerprint density at radius 1 is 1.17 bits per heavy atom. The average molecular weight is 324 g/mol. The Kier molecular flexibility index (Phi) is 5.16. The summed E-state index contributed by atoms with van der Waals surface area (Å²) in [7, 11) is 1.63. The quantitative estimate of drug-likeness (QED) is 0.915. The Morgan fingerprint density at radius 3 is 2.54 bits per heavy atom. The molecule has 0 unspecified atom stereocenters. The summed E-state index contributed by atoms with van der Waals surface area (Å²) in [5.74, 6) is 1.34. The van der Waals surface area contributed by atoms with Crippen LogP contribution in [0.3, 0.4) is 0 Å². The SMILES string of the molecule is COc1ccc(NC(=O)[C@H](C)N2CC[C@@H](c3ccccc3)C2)cc1. The molecule has 1 saturated heterocycles. The van der Waals surface area contributed by atoms with Crippen LogP contribution in [-0.2, 0) is 4.79 Å². The zero-order valence-corrected chi connectivity index (χ0v) is 14.2. The van der Waals surface area contributed by atoms with Crippen LogP contribution < -0.4 is 10.1 Å². The molecule has 0 aliphatic carbocycles. The molecular formula is C20H24N2O2. The first kappa shape index (κ1) is 16.5. The molecule has 0 radical (unpaired) electrons. The van der Waals surface area contributed by atoms with E-state index in [0.717, 1.165) is 30.9 Å². The van der Waals surface area contributed by atoms with E-state index < -0.39 is 0 Å². The number of anilines is 1. The van der Waals surface area contributed by atoms with Crippen molar-refractivity contribution < 1.29 is 9.53 Å². The van der Waals surface area contributed by atoms with Gasteiger partial charge in [-0.3, -0.25) is 9.69 Å². The lowest BCUT2D eigenvalue weighted by Crippen LogP contribution is -2.40. The van der Waals surface area contributed by atoms with Crippen molar-refractivity contribution in [1.29, 1.82) is 0 Å². The third kappa shape index (κ3) is 3.77. The van der Waals surface area contributed by atoms with Gasteiger partial charge in [0.05, 0.1) is 13.2 Å². The number of rotatable bonds is 5. The van der Waals surface area contributed by atoms with Crippen LogP contribution in [-0.4, -0.2) is 37.0 Å². The maximum absolute atomic E-state index is 12.5. The number of likely N-dealkylation sites (tertiary alicyclic amines) is 1. The molecule has 126 valence electrons. The number of carbonyl (C=O) groups is 1. The molecule has 4 heteroatoms. The van der Waals surface area contributed by atoms with Crippen molar-refractivity contribution in [2.24, 2.45) is 0 Å². The fourth-order valence-electron chi connectivity index (χ4n) is 3.22. The number of benzene rings is 2. The van der Waals surface area contributed by atoms with Crippen LogP contribution in [0.1, 0.15) is 24.8 Å². The zero-order valence-electron chi connectivity index (χ0n) is 14.2. The highest BCUT2D eigenvalue weighted by atomic mass is 16.5. The van der Waals surface area contributed by atoms with Gasteiger partial charge in [0.2, 0.25) is 5.91 Å². The van der Waals surface area contributed by atoms with Crippen LogP contribution in [0.5, 0.6) is 5.75 Å². The van der Waals surface area contributed by atoms with Crippen LogP contribution in [0.4, 0.5) is 5.69 Å². The second-order valence-corrected chi connectivity index (χ2v) is 6.28. The molecule has 2 aromatic rings. The molecule has 3 rings (SSSR count). The van der Waals surface area contributed by atoms with Crippen molar-refractivity contribution >= 4 is 11.6 Å². The lowest BCUT2D eigenvalue weighted by Gasteiger charge is -2.23. The van der Waals surface area contributed by atoms with Gasteiger partial charge in [-0.25, -0.2) is 0 Å². The second-order valence-electron chi connectivity index (χ2n) is 6.28. The number of hydrogen-bond acceptors (Lipinski definition) is 3. The molecule has 1 N–H and O–H groups in total. The first-order valence-electron chi connectivity index (χ1n) is 8.41. The fraction of sp³-hybridized carbons (Fsp3) is 0.350. The molecule has 24 heavy (non-hydrogen) atoms. The third-order valence-electron chi connectivity index (χ3n) is 4.78. The van der Waals surface area contributed by atoms with Crippen molar-refractivity contribution in [3.8, 4) is 5.75 Å². The summed E-state index contributed by atoms with van der Waals surface area (Å²) in [5.41, 5.74) is 2.16. The van der Waals surface area contributed by atoms with Gasteiger partial charge < -0.3 is 10.1 Å². The topological polar surface area (TPSA) is 41.6 Å². The van der Waals surface area contributed by atoms with Crippen LogP contribution in [0, 0.1) is 0 Å². The highest BCUT2D eigenvalue weighted by Gasteiger charge is 2.30. The van der Waals surface area contributed by atoms with Gasteiger partial charge in [-0.2, -0.15) is 0 Å². The average Bonchev–Trinajstić information content (AvgIpc) is 3.12. The molecule has 1 fully saturated rings. The molecule has 1 aliphatic rings. The number of nitrogens with one attached hydrogen (secondary N) is 1. The maximum Gasteiger partial charge on any atom is 0.241 e. The number of nitrogens with zero attached hydrogens (tertiary/aromatic N) is 1. The first-order chi connectivity index (χ1) is 11.7. The third-order valence-corrected chi connectivity index (χ3v) is 4.78. The molecule has 1 aliphatic heterocycles. The van der Waals surface area contributed by atoms with E-state index in [2.05, 4.69) is 34.5 Å². The predicted octanol–water partition coefficient (Wildman–Crippen LogP) is 3.51. The Bertz CT molecular complexity index is 670. The molecule has 0 aromatic heterocycles. The van der Waals surface area contributed by atoms with Crippen molar-refractivity contribution in [1.82, 2.24) is 4.90 Å². The molecule has 0 saturated carbocycles. The summed E-state index contributed by atoms with van der Waals surface area (Å²) in [6, 6.07) is 17.8. The molecule has 1 heterocycles. The van der Waals surface area contributed by atoms with E-state index >= 15 is 0 Å². The van der Waals surface area contributed by atoms with Gasteiger partial charge in [0.1, 0.15) is 5.75 Å². The van der Waals surface area contributed by atoms with Crippen LogP contribution in [0.2, 0.25) is 0 Å². The summed E-state index contributed by atoms with van der Waals surface area (Å²) < 4.78 is 5.14. The Labute approximate surface area is 143 Å². The lowest BCUT2D eigenvalue weighted by atomic mass is 9.99. The maximum atomic E-state index is 12.5. The first-order valence-corrected chi connectivity index (χ1v) is 8.41. The molecule has 0 bridgehead atoms. The van der Waals surface area contributed by atoms with E-state index in [9.17, 15) is 4.79 Å². The van der Waals surface area contributed by atoms with E-state index in [1.807, 2.05) is 37.3 Å². The van der Waals surface area contributed by atoms with E-state index in [0.29, 0.717) is 5.92 Å². The van der Waals surface area contributed by atoms with Gasteiger partial charge in [-0.1, -0.05) is 30.3 Å². The smallest absolute Gasteiger partial charge is 0.241 e. The Balaban J connectivity index is 1.57. The minimum Gasteiger partial charge on any atom is -0.497 e. The van der Waals surface area contributed by atoms with Gasteiger partial charge in [0.15, 0.2) is 0 Å². The van der Waals surface area contributed by atoms with E-state index in [1.54, 1.807) is 7.11 Å². The second kappa shape index (κ2) is 7.49. The summed E-state index contributed by atoms with van der Waals surface area (Å²) in [6.07, 6.45) is 1.10. The largest absolute Gasteiger partial charge is 0.497 e. The summed E-state index contributed by atoms with van der Waals surface area (Å²) in [4.78, 5) is 14.8. The molecule has 0 spiro atoms. The number of amides is 1. The van der Waals surface area contributed by atoms with Crippen molar-refractivity contribution in [3.63, 3.8) is 0 Å². The summed E-state index contributed by atoms with van der Waals surface area (Å²) in [5, 5.41) is 2.99. The van der Waals surface area contributed by atoms with Crippen molar-refractivity contribution in [3.05, 3.63) is 60.2 Å². The number of ether oxygens (including phenoxy) is 1. The van der Waals surface area contributed by atoms with Crippen molar-refractivity contribution in [2.75, 3.05) is 25.5 Å². The summed E-state index contributed by atoms with van der Waals surface area (Å²) >= 11 is 0. The Hall–Kier alpha value is -2.33. The van der Waals surface area contributed by atoms with Crippen LogP contribution in [0.25, 0.3) is 0 Å². The van der Waals surface area contributed by atoms with E-state index in [1.165, 1.54) is 5.56 Å². The van der Waals surface area contributed by atoms with Gasteiger partial charge >= 0.3 is 0 Å². The zero-order chi connectivity index (χ0) is 16.9. The van der Waals surface area contributed by atoms with Crippen LogP contribution in [0.15, 0.2) is 54.6 Å².